The smallest absolute Gasteiger partial charge is 0.264 e. The maximum atomic E-state index is 12.0. The second-order valence-corrected chi connectivity index (χ2v) is 4.86. The first-order chi connectivity index (χ1) is 10.8. The van der Waals surface area contributed by atoms with Crippen LogP contribution in [0.1, 0.15) is 17.7 Å². The summed E-state index contributed by atoms with van der Waals surface area (Å²) in [7, 11) is 1.62. The summed E-state index contributed by atoms with van der Waals surface area (Å²) in [6.07, 6.45) is 1.40. The van der Waals surface area contributed by atoms with E-state index in [1.807, 2.05) is 24.3 Å². The standard InChI is InChI=1S/C16H16N2O4/c1-20-12-6-4-11(5-7-12)14-9-15(22-18-14)16(19)17-10-13-3-2-8-21-13/h2-8,15H,9-10H2,1H3,(H,17,19)/t15-/m0/s1. The number of amides is 1. The second-order valence-electron chi connectivity index (χ2n) is 4.86. The van der Waals surface area contributed by atoms with Crippen LogP contribution >= 0.6 is 0 Å². The van der Waals surface area contributed by atoms with Gasteiger partial charge in [-0.1, -0.05) is 5.16 Å². The van der Waals surface area contributed by atoms with Gasteiger partial charge in [-0.15, -0.1) is 0 Å². The molecule has 6 nitrogen and oxygen atoms in total. The van der Waals surface area contributed by atoms with Crippen LogP contribution in [0.25, 0.3) is 0 Å². The summed E-state index contributed by atoms with van der Waals surface area (Å²) in [4.78, 5) is 17.3. The zero-order valence-corrected chi connectivity index (χ0v) is 12.1. The predicted molar refractivity (Wildman–Crippen MR) is 79.6 cm³/mol. The molecular weight excluding hydrogens is 284 g/mol. The molecule has 0 saturated carbocycles. The van der Waals surface area contributed by atoms with Crippen LogP contribution in [0.15, 0.2) is 52.2 Å². The summed E-state index contributed by atoms with van der Waals surface area (Å²) in [5.41, 5.74) is 1.67. The number of benzene rings is 1. The van der Waals surface area contributed by atoms with Gasteiger partial charge in [-0.25, -0.2) is 0 Å². The fourth-order valence-corrected chi connectivity index (χ4v) is 2.17. The molecule has 3 rings (SSSR count). The molecule has 6 heteroatoms. The Morgan fingerprint density at radius 1 is 1.36 bits per heavy atom. The summed E-state index contributed by atoms with van der Waals surface area (Å²) in [5, 5.41) is 6.77. The molecule has 1 aromatic carbocycles. The van der Waals surface area contributed by atoms with E-state index in [0.29, 0.717) is 18.7 Å². The van der Waals surface area contributed by atoms with Gasteiger partial charge in [0.05, 0.1) is 25.6 Å². The lowest BCUT2D eigenvalue weighted by atomic mass is 10.0. The highest BCUT2D eigenvalue weighted by Gasteiger charge is 2.28. The lowest BCUT2D eigenvalue weighted by Crippen LogP contribution is -2.34. The summed E-state index contributed by atoms with van der Waals surface area (Å²) in [6.45, 7) is 0.337. The van der Waals surface area contributed by atoms with E-state index in [2.05, 4.69) is 10.5 Å². The molecule has 1 aliphatic rings. The fraction of sp³-hybridized carbons (Fsp3) is 0.250. The highest BCUT2D eigenvalue weighted by Crippen LogP contribution is 2.19. The Hall–Kier alpha value is -2.76. The van der Waals surface area contributed by atoms with Crippen molar-refractivity contribution in [1.82, 2.24) is 5.32 Å². The lowest BCUT2D eigenvalue weighted by Gasteiger charge is -2.08. The summed E-state index contributed by atoms with van der Waals surface area (Å²) in [5.74, 6) is 1.27. The Kier molecular flexibility index (Phi) is 4.09. The van der Waals surface area contributed by atoms with E-state index in [0.717, 1.165) is 17.0 Å². The molecule has 114 valence electrons. The van der Waals surface area contributed by atoms with Crippen LogP contribution in [0.4, 0.5) is 0 Å². The highest BCUT2D eigenvalue weighted by atomic mass is 16.6. The monoisotopic (exact) mass is 300 g/mol. The van der Waals surface area contributed by atoms with Crippen molar-refractivity contribution in [3.63, 3.8) is 0 Å². The molecule has 1 atom stereocenters. The first-order valence-electron chi connectivity index (χ1n) is 6.93. The largest absolute Gasteiger partial charge is 0.497 e. The van der Waals surface area contributed by atoms with Crippen LogP contribution in [-0.4, -0.2) is 24.8 Å². The number of oxime groups is 1. The predicted octanol–water partition coefficient (Wildman–Crippen LogP) is 2.10. The summed E-state index contributed by atoms with van der Waals surface area (Å²) in [6, 6.07) is 11.1. The number of nitrogens with zero attached hydrogens (tertiary/aromatic N) is 1. The number of hydrogen-bond acceptors (Lipinski definition) is 5. The minimum atomic E-state index is -0.605. The molecule has 0 aliphatic carbocycles. The van der Waals surface area contributed by atoms with E-state index in [-0.39, 0.29) is 5.91 Å². The van der Waals surface area contributed by atoms with E-state index < -0.39 is 6.10 Å². The van der Waals surface area contributed by atoms with Gasteiger partial charge in [-0.05, 0) is 42.0 Å². The minimum absolute atomic E-state index is 0.205. The number of methoxy groups -OCH3 is 1. The van der Waals surface area contributed by atoms with Crippen molar-refractivity contribution >= 4 is 11.6 Å². The highest BCUT2D eigenvalue weighted by molar-refractivity contribution is 6.04. The molecule has 0 radical (unpaired) electrons. The van der Waals surface area contributed by atoms with Crippen molar-refractivity contribution < 1.29 is 18.8 Å². The van der Waals surface area contributed by atoms with Crippen molar-refractivity contribution in [2.45, 2.75) is 19.1 Å². The summed E-state index contributed by atoms with van der Waals surface area (Å²) < 4.78 is 10.3. The van der Waals surface area contributed by atoms with Crippen LogP contribution in [0, 0.1) is 0 Å². The van der Waals surface area contributed by atoms with Gasteiger partial charge in [0.15, 0.2) is 0 Å². The van der Waals surface area contributed by atoms with E-state index in [4.69, 9.17) is 14.0 Å². The Morgan fingerprint density at radius 2 is 2.18 bits per heavy atom. The van der Waals surface area contributed by atoms with Gasteiger partial charge in [0.25, 0.3) is 5.91 Å². The maximum absolute atomic E-state index is 12.0. The third kappa shape index (κ3) is 3.11. The van der Waals surface area contributed by atoms with Crippen LogP contribution in [0.3, 0.4) is 0 Å². The lowest BCUT2D eigenvalue weighted by molar-refractivity contribution is -0.131. The van der Waals surface area contributed by atoms with E-state index in [1.165, 1.54) is 0 Å². The first-order valence-corrected chi connectivity index (χ1v) is 6.93. The number of carbonyl (C=O) groups excluding carboxylic acids is 1. The van der Waals surface area contributed by atoms with Gasteiger partial charge in [0.1, 0.15) is 11.5 Å². The average Bonchev–Trinajstić information content (AvgIpc) is 3.24. The van der Waals surface area contributed by atoms with Gasteiger partial charge in [0.2, 0.25) is 6.10 Å². The van der Waals surface area contributed by atoms with Gasteiger partial charge in [-0.2, -0.15) is 0 Å². The molecule has 0 saturated heterocycles. The number of nitrogens with one attached hydrogen (secondary N) is 1. The quantitative estimate of drug-likeness (QED) is 0.917. The third-order valence-corrected chi connectivity index (χ3v) is 3.40. The molecule has 2 aromatic rings. The number of furan rings is 1. The number of carbonyl (C=O) groups is 1. The second kappa shape index (κ2) is 6.34. The SMILES string of the molecule is COc1ccc(C2=NO[C@H](C(=O)NCc3ccco3)C2)cc1. The zero-order valence-electron chi connectivity index (χ0n) is 12.1. The van der Waals surface area contributed by atoms with Crippen molar-refractivity contribution in [2.24, 2.45) is 5.16 Å². The number of hydrogen-bond donors (Lipinski definition) is 1. The van der Waals surface area contributed by atoms with Gasteiger partial charge in [-0.3, -0.25) is 4.79 Å². The molecule has 0 unspecified atom stereocenters. The van der Waals surface area contributed by atoms with E-state index >= 15 is 0 Å². The van der Waals surface area contributed by atoms with Crippen molar-refractivity contribution in [2.75, 3.05) is 7.11 Å². The zero-order chi connectivity index (χ0) is 15.4. The number of rotatable bonds is 5. The van der Waals surface area contributed by atoms with Crippen LogP contribution in [0.2, 0.25) is 0 Å². The molecule has 0 spiro atoms. The van der Waals surface area contributed by atoms with Crippen molar-refractivity contribution in [3.8, 4) is 5.75 Å². The van der Waals surface area contributed by atoms with E-state index in [9.17, 15) is 4.79 Å². The third-order valence-electron chi connectivity index (χ3n) is 3.40. The minimum Gasteiger partial charge on any atom is -0.497 e. The number of ether oxygens (including phenoxy) is 1. The topological polar surface area (TPSA) is 73.1 Å². The fourth-order valence-electron chi connectivity index (χ4n) is 2.17. The van der Waals surface area contributed by atoms with Crippen molar-refractivity contribution in [3.05, 3.63) is 54.0 Å². The van der Waals surface area contributed by atoms with Crippen LogP contribution in [-0.2, 0) is 16.2 Å². The normalized spacial score (nSPS) is 16.8. The van der Waals surface area contributed by atoms with Crippen LogP contribution in [0.5, 0.6) is 5.75 Å². The Morgan fingerprint density at radius 3 is 2.86 bits per heavy atom. The molecule has 1 amide bonds. The molecular formula is C16H16N2O4. The molecule has 0 bridgehead atoms. The molecule has 2 heterocycles. The molecule has 1 aliphatic heterocycles. The van der Waals surface area contributed by atoms with Crippen molar-refractivity contribution in [1.29, 1.82) is 0 Å². The Bertz CT molecular complexity index is 662. The summed E-state index contributed by atoms with van der Waals surface area (Å²) >= 11 is 0. The maximum Gasteiger partial charge on any atom is 0.264 e. The Labute approximate surface area is 127 Å². The molecule has 0 fully saturated rings. The van der Waals surface area contributed by atoms with Gasteiger partial charge in [0, 0.05) is 6.42 Å². The average molecular weight is 300 g/mol. The molecule has 22 heavy (non-hydrogen) atoms. The molecule has 1 N–H and O–H groups in total. The van der Waals surface area contributed by atoms with Gasteiger partial charge < -0.3 is 19.3 Å². The first kappa shape index (κ1) is 14.2. The molecule has 1 aromatic heterocycles. The Balaban J connectivity index is 1.55. The van der Waals surface area contributed by atoms with E-state index in [1.54, 1.807) is 25.5 Å². The van der Waals surface area contributed by atoms with Crippen LogP contribution < -0.4 is 10.1 Å². The van der Waals surface area contributed by atoms with Gasteiger partial charge >= 0.3 is 0 Å².